The summed E-state index contributed by atoms with van der Waals surface area (Å²) < 4.78 is 0. The fourth-order valence-corrected chi connectivity index (χ4v) is 1.26. The fourth-order valence-electron chi connectivity index (χ4n) is 1.26. The molecular formula is C11H23N3. The molecule has 0 bridgehead atoms. The van der Waals surface area contributed by atoms with Crippen molar-refractivity contribution in [3.05, 3.63) is 0 Å². The maximum atomic E-state index is 8.54. The third-order valence-corrected chi connectivity index (χ3v) is 2.43. The van der Waals surface area contributed by atoms with Gasteiger partial charge >= 0.3 is 0 Å². The zero-order valence-corrected chi connectivity index (χ0v) is 9.71. The molecule has 14 heavy (non-hydrogen) atoms. The second-order valence-electron chi connectivity index (χ2n) is 3.80. The first kappa shape index (κ1) is 13.4. The van der Waals surface area contributed by atoms with Gasteiger partial charge in [0.05, 0.1) is 12.5 Å². The Morgan fingerprint density at radius 1 is 1.43 bits per heavy atom. The van der Waals surface area contributed by atoms with Gasteiger partial charge in [0.15, 0.2) is 0 Å². The first-order chi connectivity index (χ1) is 6.72. The average Bonchev–Trinajstić information content (AvgIpc) is 2.17. The summed E-state index contributed by atoms with van der Waals surface area (Å²) in [5.74, 6) is 0. The molecule has 1 unspecified atom stereocenters. The van der Waals surface area contributed by atoms with Crippen LogP contribution in [0.15, 0.2) is 0 Å². The van der Waals surface area contributed by atoms with E-state index in [1.165, 1.54) is 6.42 Å². The summed E-state index contributed by atoms with van der Waals surface area (Å²) in [6, 6.07) is 2.58. The summed E-state index contributed by atoms with van der Waals surface area (Å²) in [5, 5.41) is 11.9. The van der Waals surface area contributed by atoms with Gasteiger partial charge in [-0.25, -0.2) is 0 Å². The smallest absolute Gasteiger partial charge is 0.0638 e. The number of hydrogen-bond acceptors (Lipinski definition) is 3. The fraction of sp³-hybridized carbons (Fsp3) is 0.909. The van der Waals surface area contributed by atoms with Gasteiger partial charge in [-0.1, -0.05) is 6.92 Å². The van der Waals surface area contributed by atoms with Gasteiger partial charge in [-0.3, -0.25) is 0 Å². The minimum Gasteiger partial charge on any atom is -0.317 e. The van der Waals surface area contributed by atoms with Crippen molar-refractivity contribution in [2.45, 2.75) is 39.2 Å². The lowest BCUT2D eigenvalue weighted by molar-refractivity contribution is 0.256. The van der Waals surface area contributed by atoms with Crippen LogP contribution < -0.4 is 5.32 Å². The van der Waals surface area contributed by atoms with E-state index in [0.29, 0.717) is 12.5 Å². The monoisotopic (exact) mass is 197 g/mol. The molecule has 0 aliphatic rings. The van der Waals surface area contributed by atoms with Crippen LogP contribution >= 0.6 is 0 Å². The predicted molar refractivity (Wildman–Crippen MR) is 60.1 cm³/mol. The molecule has 0 aromatic carbocycles. The van der Waals surface area contributed by atoms with Gasteiger partial charge < -0.3 is 10.2 Å². The molecule has 3 nitrogen and oxygen atoms in total. The largest absolute Gasteiger partial charge is 0.317 e. The maximum Gasteiger partial charge on any atom is 0.0638 e. The van der Waals surface area contributed by atoms with Crippen LogP contribution in [0.1, 0.15) is 33.1 Å². The lowest BCUT2D eigenvalue weighted by atomic mass is 10.2. The van der Waals surface area contributed by atoms with Crippen molar-refractivity contribution >= 4 is 0 Å². The Balaban J connectivity index is 3.35. The molecule has 0 fully saturated rings. The number of nitrogens with zero attached hydrogens (tertiary/aromatic N) is 2. The highest BCUT2D eigenvalue weighted by atomic mass is 15.1. The molecule has 1 N–H and O–H groups in total. The van der Waals surface area contributed by atoms with E-state index in [-0.39, 0.29) is 0 Å². The van der Waals surface area contributed by atoms with Crippen LogP contribution in [-0.4, -0.2) is 37.6 Å². The standard InChI is InChI=1S/C11H23N3/c1-4-8-13-9-5-10-14(3)11(2)6-7-12/h11,13H,4-6,8-10H2,1-3H3. The second-order valence-corrected chi connectivity index (χ2v) is 3.80. The Hall–Kier alpha value is -0.590. The van der Waals surface area contributed by atoms with Crippen LogP contribution in [0.5, 0.6) is 0 Å². The molecule has 0 aromatic heterocycles. The highest BCUT2D eigenvalue weighted by molar-refractivity contribution is 4.78. The SMILES string of the molecule is CCCNCCCN(C)C(C)CC#N. The summed E-state index contributed by atoms with van der Waals surface area (Å²) in [7, 11) is 2.09. The van der Waals surface area contributed by atoms with E-state index in [2.05, 4.69) is 37.2 Å². The first-order valence-electron chi connectivity index (χ1n) is 5.50. The summed E-state index contributed by atoms with van der Waals surface area (Å²) in [6.07, 6.45) is 2.98. The summed E-state index contributed by atoms with van der Waals surface area (Å²) in [4.78, 5) is 2.25. The van der Waals surface area contributed by atoms with Crippen molar-refractivity contribution in [2.75, 3.05) is 26.7 Å². The number of rotatable bonds is 8. The quantitative estimate of drug-likeness (QED) is 0.601. The Labute approximate surface area is 88.1 Å². The predicted octanol–water partition coefficient (Wildman–Crippen LogP) is 1.61. The van der Waals surface area contributed by atoms with Gasteiger partial charge in [-0.05, 0) is 46.4 Å². The third kappa shape index (κ3) is 6.88. The molecule has 0 radical (unpaired) electrons. The van der Waals surface area contributed by atoms with Crippen molar-refractivity contribution in [3.8, 4) is 6.07 Å². The molecule has 0 aliphatic carbocycles. The maximum absolute atomic E-state index is 8.54. The first-order valence-corrected chi connectivity index (χ1v) is 5.50. The Morgan fingerprint density at radius 2 is 2.14 bits per heavy atom. The molecule has 0 aromatic rings. The third-order valence-electron chi connectivity index (χ3n) is 2.43. The molecule has 82 valence electrons. The van der Waals surface area contributed by atoms with Crippen LogP contribution in [-0.2, 0) is 0 Å². The van der Waals surface area contributed by atoms with E-state index >= 15 is 0 Å². The minimum atomic E-state index is 0.381. The summed E-state index contributed by atoms with van der Waals surface area (Å²) in [5.41, 5.74) is 0. The van der Waals surface area contributed by atoms with E-state index < -0.39 is 0 Å². The van der Waals surface area contributed by atoms with Crippen molar-refractivity contribution < 1.29 is 0 Å². The zero-order chi connectivity index (χ0) is 10.8. The normalized spacial score (nSPS) is 12.8. The van der Waals surface area contributed by atoms with Crippen LogP contribution in [0.2, 0.25) is 0 Å². The molecule has 1 atom stereocenters. The van der Waals surface area contributed by atoms with E-state index in [9.17, 15) is 0 Å². The average molecular weight is 197 g/mol. The molecular weight excluding hydrogens is 174 g/mol. The molecule has 0 saturated carbocycles. The minimum absolute atomic E-state index is 0.381. The van der Waals surface area contributed by atoms with E-state index in [1.54, 1.807) is 0 Å². The number of nitrogens with one attached hydrogen (secondary N) is 1. The van der Waals surface area contributed by atoms with Gasteiger partial charge in [0, 0.05) is 6.04 Å². The van der Waals surface area contributed by atoms with Crippen LogP contribution in [0.25, 0.3) is 0 Å². The lowest BCUT2D eigenvalue weighted by Gasteiger charge is -2.22. The number of nitriles is 1. The summed E-state index contributed by atoms with van der Waals surface area (Å²) in [6.45, 7) is 7.53. The van der Waals surface area contributed by atoms with E-state index in [1.807, 2.05) is 0 Å². The van der Waals surface area contributed by atoms with Gasteiger partial charge in [0.1, 0.15) is 0 Å². The van der Waals surface area contributed by atoms with Crippen LogP contribution in [0.3, 0.4) is 0 Å². The van der Waals surface area contributed by atoms with Crippen molar-refractivity contribution in [1.82, 2.24) is 10.2 Å². The van der Waals surface area contributed by atoms with Crippen molar-refractivity contribution in [2.24, 2.45) is 0 Å². The molecule has 0 saturated heterocycles. The van der Waals surface area contributed by atoms with Crippen LogP contribution in [0, 0.1) is 11.3 Å². The zero-order valence-electron chi connectivity index (χ0n) is 9.71. The van der Waals surface area contributed by atoms with Crippen molar-refractivity contribution in [1.29, 1.82) is 5.26 Å². The van der Waals surface area contributed by atoms with Gasteiger partial charge in [0.25, 0.3) is 0 Å². The topological polar surface area (TPSA) is 39.1 Å². The molecule has 0 amide bonds. The Morgan fingerprint density at radius 3 is 2.71 bits per heavy atom. The molecule has 0 rings (SSSR count). The van der Waals surface area contributed by atoms with Crippen molar-refractivity contribution in [3.63, 3.8) is 0 Å². The van der Waals surface area contributed by atoms with Gasteiger partial charge in [-0.15, -0.1) is 0 Å². The lowest BCUT2D eigenvalue weighted by Crippen LogP contribution is -2.31. The Bertz CT molecular complexity index is 162. The molecule has 0 aliphatic heterocycles. The second kappa shape index (κ2) is 8.98. The molecule has 0 heterocycles. The highest BCUT2D eigenvalue weighted by Gasteiger charge is 2.06. The van der Waals surface area contributed by atoms with E-state index in [0.717, 1.165) is 26.1 Å². The number of hydrogen-bond donors (Lipinski definition) is 1. The molecule has 3 heteroatoms. The van der Waals surface area contributed by atoms with E-state index in [4.69, 9.17) is 5.26 Å². The van der Waals surface area contributed by atoms with Crippen LogP contribution in [0.4, 0.5) is 0 Å². The summed E-state index contributed by atoms with van der Waals surface area (Å²) >= 11 is 0. The highest BCUT2D eigenvalue weighted by Crippen LogP contribution is 2.00. The van der Waals surface area contributed by atoms with Gasteiger partial charge in [0.2, 0.25) is 0 Å². The Kier molecular flexibility index (Phi) is 8.61. The molecule has 0 spiro atoms. The van der Waals surface area contributed by atoms with Gasteiger partial charge in [-0.2, -0.15) is 5.26 Å².